The fraction of sp³-hybridized carbons (Fsp3) is 0.500. The van der Waals surface area contributed by atoms with Gasteiger partial charge in [-0.25, -0.2) is 0 Å². The summed E-state index contributed by atoms with van der Waals surface area (Å²) in [4.78, 5) is 17.4. The van der Waals surface area contributed by atoms with E-state index < -0.39 is 0 Å². The molecule has 5 rings (SSSR count). The van der Waals surface area contributed by atoms with Gasteiger partial charge in [0.25, 0.3) is 5.91 Å². The Kier molecular flexibility index (Phi) is 6.49. The van der Waals surface area contributed by atoms with E-state index in [1.807, 2.05) is 42.5 Å². The van der Waals surface area contributed by atoms with E-state index in [0.717, 1.165) is 67.7 Å². The van der Waals surface area contributed by atoms with Crippen LogP contribution >= 0.6 is 0 Å². The molecule has 2 fully saturated rings. The number of fused-ring (bicyclic) bond motifs is 1. The maximum Gasteiger partial charge on any atom is 0.251 e. The number of nitrogens with one attached hydrogen (secondary N) is 1. The highest BCUT2D eigenvalue weighted by Gasteiger charge is 2.26. The van der Waals surface area contributed by atoms with Crippen molar-refractivity contribution in [3.63, 3.8) is 0 Å². The first kappa shape index (κ1) is 21.1. The van der Waals surface area contributed by atoms with E-state index in [0.29, 0.717) is 12.8 Å². The molecule has 2 heterocycles. The van der Waals surface area contributed by atoms with E-state index in [1.165, 1.54) is 25.8 Å². The largest absolute Gasteiger partial charge is 0.454 e. The summed E-state index contributed by atoms with van der Waals surface area (Å²) < 4.78 is 11.2. The second kappa shape index (κ2) is 9.82. The van der Waals surface area contributed by atoms with Gasteiger partial charge in [-0.3, -0.25) is 9.69 Å². The van der Waals surface area contributed by atoms with Crippen LogP contribution in [-0.4, -0.2) is 56.4 Å². The normalized spacial score (nSPS) is 23.2. The molecule has 1 saturated carbocycles. The molecule has 32 heavy (non-hydrogen) atoms. The van der Waals surface area contributed by atoms with Crippen LogP contribution in [-0.2, 0) is 0 Å². The lowest BCUT2D eigenvalue weighted by atomic mass is 9.84. The summed E-state index contributed by atoms with van der Waals surface area (Å²) in [6, 6.07) is 16.0. The van der Waals surface area contributed by atoms with E-state index in [1.54, 1.807) is 0 Å². The third kappa shape index (κ3) is 4.85. The molecule has 6 heteroatoms. The van der Waals surface area contributed by atoms with Crippen molar-refractivity contribution in [1.82, 2.24) is 10.2 Å². The number of carbonyl (C=O) groups is 1. The molecule has 0 atom stereocenters. The van der Waals surface area contributed by atoms with Gasteiger partial charge in [0.05, 0.1) is 5.69 Å². The van der Waals surface area contributed by atoms with Crippen LogP contribution in [0.1, 0.15) is 42.5 Å². The Bertz CT molecular complexity index is 904. The van der Waals surface area contributed by atoms with Crippen LogP contribution in [0.2, 0.25) is 0 Å². The van der Waals surface area contributed by atoms with Crippen molar-refractivity contribution in [2.75, 3.05) is 44.4 Å². The Morgan fingerprint density at radius 2 is 1.69 bits per heavy atom. The Morgan fingerprint density at radius 1 is 0.906 bits per heavy atom. The molecule has 1 aliphatic carbocycles. The van der Waals surface area contributed by atoms with Crippen LogP contribution in [0.15, 0.2) is 48.5 Å². The smallest absolute Gasteiger partial charge is 0.251 e. The maximum atomic E-state index is 12.4. The van der Waals surface area contributed by atoms with Crippen molar-refractivity contribution in [3.05, 3.63) is 54.1 Å². The van der Waals surface area contributed by atoms with Gasteiger partial charge >= 0.3 is 0 Å². The highest BCUT2D eigenvalue weighted by Crippen LogP contribution is 2.41. The zero-order valence-corrected chi connectivity index (χ0v) is 18.7. The fourth-order valence-corrected chi connectivity index (χ4v) is 5.20. The van der Waals surface area contributed by atoms with E-state index in [9.17, 15) is 4.79 Å². The standard InChI is InChI=1S/C26H33N3O3/c30-26(21-5-2-1-3-6-21)27-22-11-9-20(10-12-22)13-14-28-15-17-29(18-16-28)23-7-4-8-24-25(23)32-19-31-24/h1-8,20,22H,9-19H2,(H,27,30)/t20-,22-. The van der Waals surface area contributed by atoms with Crippen molar-refractivity contribution in [2.45, 2.75) is 38.1 Å². The van der Waals surface area contributed by atoms with Gasteiger partial charge in [-0.1, -0.05) is 24.3 Å². The Morgan fingerprint density at radius 3 is 2.47 bits per heavy atom. The number of nitrogens with zero attached hydrogens (tertiary/aromatic N) is 2. The summed E-state index contributed by atoms with van der Waals surface area (Å²) in [5.74, 6) is 2.60. The molecule has 0 bridgehead atoms. The van der Waals surface area contributed by atoms with Gasteiger partial charge in [-0.2, -0.15) is 0 Å². The van der Waals surface area contributed by atoms with Gasteiger partial charge < -0.3 is 19.7 Å². The fourth-order valence-electron chi connectivity index (χ4n) is 5.20. The molecule has 0 aromatic heterocycles. The van der Waals surface area contributed by atoms with Crippen LogP contribution in [0, 0.1) is 5.92 Å². The number of hydrogen-bond donors (Lipinski definition) is 1. The van der Waals surface area contributed by atoms with Gasteiger partial charge in [-0.15, -0.1) is 0 Å². The SMILES string of the molecule is O=C(N[C@H]1CC[C@H](CCN2CCN(c3cccc4c3OCO4)CC2)CC1)c1ccccc1. The number of piperazine rings is 1. The molecule has 3 aliphatic rings. The van der Waals surface area contributed by atoms with E-state index in [4.69, 9.17) is 9.47 Å². The summed E-state index contributed by atoms with van der Waals surface area (Å²) in [6.45, 7) is 5.73. The predicted molar refractivity (Wildman–Crippen MR) is 125 cm³/mol. The number of hydrogen-bond acceptors (Lipinski definition) is 5. The first-order chi connectivity index (χ1) is 15.8. The molecule has 2 aromatic rings. The Hall–Kier alpha value is -2.73. The molecular formula is C26H33N3O3. The summed E-state index contributed by atoms with van der Waals surface area (Å²) in [7, 11) is 0. The molecule has 0 radical (unpaired) electrons. The van der Waals surface area contributed by atoms with Gasteiger partial charge in [0.1, 0.15) is 0 Å². The first-order valence-electron chi connectivity index (χ1n) is 12.0. The lowest BCUT2D eigenvalue weighted by Gasteiger charge is -2.37. The quantitative estimate of drug-likeness (QED) is 0.746. The predicted octanol–water partition coefficient (Wildman–Crippen LogP) is 3.92. The minimum atomic E-state index is 0.0629. The summed E-state index contributed by atoms with van der Waals surface area (Å²) in [6.07, 6.45) is 5.88. The van der Waals surface area contributed by atoms with Crippen molar-refractivity contribution >= 4 is 11.6 Å². The lowest BCUT2D eigenvalue weighted by molar-refractivity contribution is 0.0919. The van der Waals surface area contributed by atoms with Crippen molar-refractivity contribution in [2.24, 2.45) is 5.92 Å². The van der Waals surface area contributed by atoms with E-state index in [2.05, 4.69) is 21.2 Å². The zero-order chi connectivity index (χ0) is 21.8. The molecule has 1 saturated heterocycles. The van der Waals surface area contributed by atoms with E-state index >= 15 is 0 Å². The minimum absolute atomic E-state index is 0.0629. The second-order valence-corrected chi connectivity index (χ2v) is 9.19. The number of benzene rings is 2. The zero-order valence-electron chi connectivity index (χ0n) is 18.7. The van der Waals surface area contributed by atoms with Crippen LogP contribution < -0.4 is 19.7 Å². The number of rotatable bonds is 6. The van der Waals surface area contributed by atoms with Gasteiger partial charge in [0.15, 0.2) is 11.5 Å². The van der Waals surface area contributed by atoms with Gasteiger partial charge in [0.2, 0.25) is 6.79 Å². The summed E-state index contributed by atoms with van der Waals surface area (Å²) in [5.41, 5.74) is 1.92. The van der Waals surface area contributed by atoms with Crippen LogP contribution in [0.25, 0.3) is 0 Å². The highest BCUT2D eigenvalue weighted by molar-refractivity contribution is 5.94. The third-order valence-electron chi connectivity index (χ3n) is 7.16. The molecule has 6 nitrogen and oxygen atoms in total. The number of ether oxygens (including phenoxy) is 2. The number of para-hydroxylation sites is 1. The first-order valence-corrected chi connectivity index (χ1v) is 12.0. The average Bonchev–Trinajstić information content (AvgIpc) is 3.34. The van der Waals surface area contributed by atoms with Crippen molar-refractivity contribution in [1.29, 1.82) is 0 Å². The minimum Gasteiger partial charge on any atom is -0.454 e. The number of anilines is 1. The van der Waals surface area contributed by atoms with E-state index in [-0.39, 0.29) is 5.91 Å². The average molecular weight is 436 g/mol. The molecule has 2 aliphatic heterocycles. The van der Waals surface area contributed by atoms with Crippen LogP contribution in [0.5, 0.6) is 11.5 Å². The van der Waals surface area contributed by atoms with Crippen molar-refractivity contribution < 1.29 is 14.3 Å². The maximum absolute atomic E-state index is 12.4. The van der Waals surface area contributed by atoms with Crippen molar-refractivity contribution in [3.8, 4) is 11.5 Å². The second-order valence-electron chi connectivity index (χ2n) is 9.19. The topological polar surface area (TPSA) is 54.0 Å². The molecule has 1 amide bonds. The summed E-state index contributed by atoms with van der Waals surface area (Å²) in [5, 5.41) is 3.23. The van der Waals surface area contributed by atoms with Crippen LogP contribution in [0.4, 0.5) is 5.69 Å². The number of carbonyl (C=O) groups excluding carboxylic acids is 1. The third-order valence-corrected chi connectivity index (χ3v) is 7.16. The molecule has 170 valence electrons. The monoisotopic (exact) mass is 435 g/mol. The lowest BCUT2D eigenvalue weighted by Crippen LogP contribution is -2.47. The van der Waals surface area contributed by atoms with Gasteiger partial charge in [-0.05, 0) is 68.8 Å². The molecule has 0 spiro atoms. The molecule has 0 unspecified atom stereocenters. The number of amides is 1. The highest BCUT2D eigenvalue weighted by atomic mass is 16.7. The van der Waals surface area contributed by atoms with Crippen LogP contribution in [0.3, 0.4) is 0 Å². The Balaban J connectivity index is 1.02. The molecular weight excluding hydrogens is 402 g/mol. The molecule has 2 aromatic carbocycles. The molecule has 1 N–H and O–H groups in total. The van der Waals surface area contributed by atoms with Gasteiger partial charge in [0, 0.05) is 37.8 Å². The Labute approximate surface area is 190 Å². The summed E-state index contributed by atoms with van der Waals surface area (Å²) >= 11 is 0.